The standard InChI is InChI=1S/C18H13ClN6O/c19-15-7-8-16(18-14(15)2-1-9-20-18)22-17(26)10-12-3-5-13(6-4-12)25-11-21-23-24-25/h1-9,11H,10H2,(H,22,26). The Morgan fingerprint density at radius 1 is 1.12 bits per heavy atom. The van der Waals surface area contributed by atoms with Gasteiger partial charge in [-0.3, -0.25) is 9.78 Å². The van der Waals surface area contributed by atoms with E-state index in [1.165, 1.54) is 6.33 Å². The van der Waals surface area contributed by atoms with Gasteiger partial charge in [0, 0.05) is 11.6 Å². The fourth-order valence-corrected chi connectivity index (χ4v) is 2.88. The van der Waals surface area contributed by atoms with Gasteiger partial charge in [-0.05, 0) is 52.4 Å². The molecule has 0 unspecified atom stereocenters. The van der Waals surface area contributed by atoms with E-state index in [2.05, 4.69) is 25.8 Å². The van der Waals surface area contributed by atoms with Crippen LogP contribution >= 0.6 is 11.6 Å². The molecule has 0 fully saturated rings. The van der Waals surface area contributed by atoms with Gasteiger partial charge in [0.1, 0.15) is 6.33 Å². The Bertz CT molecular complexity index is 1060. The van der Waals surface area contributed by atoms with Crippen LogP contribution in [0.25, 0.3) is 16.6 Å². The van der Waals surface area contributed by atoms with E-state index in [1.807, 2.05) is 36.4 Å². The predicted octanol–water partition coefficient (Wildman–Crippen LogP) is 3.05. The van der Waals surface area contributed by atoms with Gasteiger partial charge in [0.15, 0.2) is 0 Å². The number of benzene rings is 2. The number of fused-ring (bicyclic) bond motifs is 1. The Labute approximate surface area is 153 Å². The highest BCUT2D eigenvalue weighted by Crippen LogP contribution is 2.28. The van der Waals surface area contributed by atoms with Crippen molar-refractivity contribution in [3.05, 3.63) is 71.6 Å². The number of aromatic nitrogens is 5. The van der Waals surface area contributed by atoms with Gasteiger partial charge >= 0.3 is 0 Å². The van der Waals surface area contributed by atoms with Gasteiger partial charge < -0.3 is 5.32 Å². The number of anilines is 1. The maximum absolute atomic E-state index is 12.4. The molecule has 4 aromatic rings. The monoisotopic (exact) mass is 364 g/mol. The smallest absolute Gasteiger partial charge is 0.228 e. The number of carbonyl (C=O) groups is 1. The maximum atomic E-state index is 12.4. The molecule has 0 aliphatic carbocycles. The first-order valence-corrected chi connectivity index (χ1v) is 8.24. The molecule has 0 radical (unpaired) electrons. The molecule has 0 saturated carbocycles. The normalized spacial score (nSPS) is 10.8. The predicted molar refractivity (Wildman–Crippen MR) is 98.2 cm³/mol. The minimum atomic E-state index is -0.130. The van der Waals surface area contributed by atoms with E-state index in [9.17, 15) is 4.79 Å². The van der Waals surface area contributed by atoms with Crippen LogP contribution < -0.4 is 5.32 Å². The summed E-state index contributed by atoms with van der Waals surface area (Å²) in [7, 11) is 0. The van der Waals surface area contributed by atoms with Crippen molar-refractivity contribution in [3.63, 3.8) is 0 Å². The summed E-state index contributed by atoms with van der Waals surface area (Å²) < 4.78 is 1.55. The third-order valence-electron chi connectivity index (χ3n) is 3.91. The van der Waals surface area contributed by atoms with Gasteiger partial charge in [-0.15, -0.1) is 5.10 Å². The molecular formula is C18H13ClN6O. The highest BCUT2D eigenvalue weighted by atomic mass is 35.5. The molecule has 2 aromatic heterocycles. The Morgan fingerprint density at radius 2 is 1.96 bits per heavy atom. The Balaban J connectivity index is 1.50. The lowest BCUT2D eigenvalue weighted by Crippen LogP contribution is -2.15. The van der Waals surface area contributed by atoms with Crippen molar-refractivity contribution in [1.29, 1.82) is 0 Å². The van der Waals surface area contributed by atoms with Crippen LogP contribution in [0, 0.1) is 0 Å². The van der Waals surface area contributed by atoms with E-state index in [0.717, 1.165) is 16.6 Å². The van der Waals surface area contributed by atoms with Gasteiger partial charge in [-0.1, -0.05) is 23.7 Å². The van der Waals surface area contributed by atoms with Gasteiger partial charge in [0.05, 0.1) is 28.3 Å². The number of pyridine rings is 1. The molecule has 0 saturated heterocycles. The molecule has 2 heterocycles. The van der Waals surface area contributed by atoms with E-state index in [1.54, 1.807) is 23.0 Å². The first kappa shape index (κ1) is 16.2. The second kappa shape index (κ2) is 6.89. The summed E-state index contributed by atoms with van der Waals surface area (Å²) in [6.45, 7) is 0. The van der Waals surface area contributed by atoms with Crippen molar-refractivity contribution in [2.45, 2.75) is 6.42 Å². The summed E-state index contributed by atoms with van der Waals surface area (Å²) in [5.74, 6) is -0.130. The number of carbonyl (C=O) groups excluding carboxylic acids is 1. The summed E-state index contributed by atoms with van der Waals surface area (Å²) >= 11 is 6.18. The lowest BCUT2D eigenvalue weighted by molar-refractivity contribution is -0.115. The number of hydrogen-bond donors (Lipinski definition) is 1. The average Bonchev–Trinajstić information content (AvgIpc) is 3.20. The van der Waals surface area contributed by atoms with Crippen molar-refractivity contribution < 1.29 is 4.79 Å². The minimum absolute atomic E-state index is 0.130. The Kier molecular flexibility index (Phi) is 4.28. The van der Waals surface area contributed by atoms with Crippen LogP contribution in [0.1, 0.15) is 5.56 Å². The molecule has 128 valence electrons. The van der Waals surface area contributed by atoms with Crippen LogP contribution in [0.4, 0.5) is 5.69 Å². The van der Waals surface area contributed by atoms with Crippen molar-refractivity contribution in [3.8, 4) is 5.69 Å². The number of nitrogens with zero attached hydrogens (tertiary/aromatic N) is 5. The zero-order chi connectivity index (χ0) is 17.9. The van der Waals surface area contributed by atoms with Gasteiger partial charge in [0.2, 0.25) is 5.91 Å². The number of rotatable bonds is 4. The lowest BCUT2D eigenvalue weighted by atomic mass is 10.1. The fraction of sp³-hybridized carbons (Fsp3) is 0.0556. The topological polar surface area (TPSA) is 85.6 Å². The van der Waals surface area contributed by atoms with Crippen LogP contribution in [0.2, 0.25) is 5.02 Å². The van der Waals surface area contributed by atoms with Crippen molar-refractivity contribution in [2.75, 3.05) is 5.32 Å². The number of halogens is 1. The zero-order valence-electron chi connectivity index (χ0n) is 13.5. The van der Waals surface area contributed by atoms with Gasteiger partial charge in [0.25, 0.3) is 0 Å². The molecule has 1 amide bonds. The summed E-state index contributed by atoms with van der Waals surface area (Å²) in [6, 6.07) is 14.7. The summed E-state index contributed by atoms with van der Waals surface area (Å²) in [6.07, 6.45) is 3.43. The number of tetrazole rings is 1. The van der Waals surface area contributed by atoms with E-state index in [-0.39, 0.29) is 12.3 Å². The fourth-order valence-electron chi connectivity index (χ4n) is 2.66. The van der Waals surface area contributed by atoms with E-state index in [0.29, 0.717) is 16.2 Å². The largest absolute Gasteiger partial charge is 0.324 e. The van der Waals surface area contributed by atoms with Gasteiger partial charge in [-0.25, -0.2) is 4.68 Å². The average molecular weight is 365 g/mol. The summed E-state index contributed by atoms with van der Waals surface area (Å²) in [4.78, 5) is 16.7. The highest BCUT2D eigenvalue weighted by Gasteiger charge is 2.10. The van der Waals surface area contributed by atoms with Crippen molar-refractivity contribution >= 4 is 34.1 Å². The second-order valence-electron chi connectivity index (χ2n) is 5.64. The summed E-state index contributed by atoms with van der Waals surface area (Å²) in [5.41, 5.74) is 3.01. The second-order valence-corrected chi connectivity index (χ2v) is 6.05. The van der Waals surface area contributed by atoms with Crippen LogP contribution in [-0.4, -0.2) is 31.1 Å². The third-order valence-corrected chi connectivity index (χ3v) is 4.23. The van der Waals surface area contributed by atoms with E-state index < -0.39 is 0 Å². The summed E-state index contributed by atoms with van der Waals surface area (Å²) in [5, 5.41) is 15.3. The molecule has 7 nitrogen and oxygen atoms in total. The molecule has 0 aliphatic rings. The van der Waals surface area contributed by atoms with Crippen LogP contribution in [0.15, 0.2) is 61.1 Å². The number of amides is 1. The molecule has 1 N–H and O–H groups in total. The van der Waals surface area contributed by atoms with E-state index in [4.69, 9.17) is 11.6 Å². The third kappa shape index (κ3) is 3.25. The van der Waals surface area contributed by atoms with Gasteiger partial charge in [-0.2, -0.15) is 0 Å². The quantitative estimate of drug-likeness (QED) is 0.601. The van der Waals surface area contributed by atoms with Crippen molar-refractivity contribution in [2.24, 2.45) is 0 Å². The Hall–Kier alpha value is -3.32. The SMILES string of the molecule is O=C(Cc1ccc(-n2cnnn2)cc1)Nc1ccc(Cl)c2cccnc12. The number of hydrogen-bond acceptors (Lipinski definition) is 5. The van der Waals surface area contributed by atoms with Crippen molar-refractivity contribution in [1.82, 2.24) is 25.2 Å². The minimum Gasteiger partial charge on any atom is -0.324 e. The zero-order valence-corrected chi connectivity index (χ0v) is 14.3. The van der Waals surface area contributed by atoms with E-state index >= 15 is 0 Å². The first-order valence-electron chi connectivity index (χ1n) is 7.86. The maximum Gasteiger partial charge on any atom is 0.228 e. The molecule has 0 bridgehead atoms. The first-order chi connectivity index (χ1) is 12.7. The van der Waals surface area contributed by atoms with Crippen LogP contribution in [0.5, 0.6) is 0 Å². The molecule has 26 heavy (non-hydrogen) atoms. The molecule has 0 atom stereocenters. The lowest BCUT2D eigenvalue weighted by Gasteiger charge is -2.09. The molecule has 0 aliphatic heterocycles. The molecule has 4 rings (SSSR count). The number of nitrogens with one attached hydrogen (secondary N) is 1. The Morgan fingerprint density at radius 3 is 2.73 bits per heavy atom. The molecule has 0 spiro atoms. The molecule has 8 heteroatoms. The van der Waals surface area contributed by atoms with Crippen LogP contribution in [-0.2, 0) is 11.2 Å². The molecule has 2 aromatic carbocycles. The van der Waals surface area contributed by atoms with Crippen LogP contribution in [0.3, 0.4) is 0 Å². The molecular weight excluding hydrogens is 352 g/mol. The highest BCUT2D eigenvalue weighted by molar-refractivity contribution is 6.35.